The normalized spacial score (nSPS) is 20.0. The van der Waals surface area contributed by atoms with Crippen molar-refractivity contribution in [2.24, 2.45) is 12.2 Å². The number of carbonyl (C=O) groups excluding carboxylic acids is 1. The Morgan fingerprint density at radius 3 is 2.80 bits per heavy atom. The van der Waals surface area contributed by atoms with Crippen molar-refractivity contribution in [1.82, 2.24) is 9.78 Å². The van der Waals surface area contributed by atoms with Crippen LogP contribution in [0, 0.1) is 0 Å². The van der Waals surface area contributed by atoms with Crippen molar-refractivity contribution in [1.29, 1.82) is 0 Å². The van der Waals surface area contributed by atoms with Crippen LogP contribution < -0.4 is 10.0 Å². The molecule has 1 aromatic heterocycles. The fraction of sp³-hybridized carbons (Fsp3) is 0.333. The highest BCUT2D eigenvalue weighted by Crippen LogP contribution is 2.27. The summed E-state index contributed by atoms with van der Waals surface area (Å²) in [5, 5.41) is 9.43. The molecular weight excluding hydrogens is 280 g/mol. The first-order valence-corrected chi connectivity index (χ1v) is 7.71. The predicted octanol–water partition coefficient (Wildman–Crippen LogP) is -0.0329. The Balaban J connectivity index is 1.97. The molecule has 0 aliphatic carbocycles. The molecule has 1 amide bonds. The number of hydrogen-bond acceptors (Lipinski definition) is 4. The van der Waals surface area contributed by atoms with E-state index in [2.05, 4.69) is 5.10 Å². The van der Waals surface area contributed by atoms with Crippen molar-refractivity contribution in [3.63, 3.8) is 0 Å². The van der Waals surface area contributed by atoms with Gasteiger partial charge in [-0.05, 0) is 18.2 Å². The first-order chi connectivity index (χ1) is 9.34. The van der Waals surface area contributed by atoms with Crippen LogP contribution in [-0.4, -0.2) is 35.9 Å². The number of aromatic nitrogens is 2. The SMILES string of the molecule is Cn1cc2cc(N3CC(S(N)(=O)=O)CC3=O)ccc2n1. The standard InChI is InChI=1S/C12H14N4O3S/c1-15-6-8-4-9(2-3-11(8)14-15)16-7-10(5-12(16)17)20(13,18)19/h2-4,6,10H,5,7H2,1H3,(H2,13,18,19). The van der Waals surface area contributed by atoms with Crippen LogP contribution in [0.15, 0.2) is 24.4 Å². The molecule has 0 spiro atoms. The molecule has 2 N–H and O–H groups in total. The summed E-state index contributed by atoms with van der Waals surface area (Å²) >= 11 is 0. The third kappa shape index (κ3) is 2.16. The molecule has 1 aromatic carbocycles. The van der Waals surface area contributed by atoms with E-state index in [0.29, 0.717) is 5.69 Å². The molecule has 2 aromatic rings. The average Bonchev–Trinajstić information content (AvgIpc) is 2.89. The largest absolute Gasteiger partial charge is 0.311 e. The van der Waals surface area contributed by atoms with Crippen molar-refractivity contribution >= 4 is 32.5 Å². The van der Waals surface area contributed by atoms with Gasteiger partial charge in [-0.2, -0.15) is 5.10 Å². The van der Waals surface area contributed by atoms with Gasteiger partial charge >= 0.3 is 0 Å². The van der Waals surface area contributed by atoms with Gasteiger partial charge in [0.15, 0.2) is 0 Å². The number of fused-ring (bicyclic) bond motifs is 1. The summed E-state index contributed by atoms with van der Waals surface area (Å²) in [7, 11) is -1.88. The number of carbonyl (C=O) groups is 1. The van der Waals surface area contributed by atoms with Gasteiger partial charge in [0.1, 0.15) is 5.25 Å². The molecule has 0 saturated carbocycles. The third-order valence-electron chi connectivity index (χ3n) is 3.47. The minimum atomic E-state index is -3.69. The van der Waals surface area contributed by atoms with E-state index in [-0.39, 0.29) is 18.9 Å². The molecule has 106 valence electrons. The molecule has 20 heavy (non-hydrogen) atoms. The number of nitrogens with zero attached hydrogens (tertiary/aromatic N) is 3. The van der Waals surface area contributed by atoms with Crippen LogP contribution >= 0.6 is 0 Å². The molecule has 2 heterocycles. The van der Waals surface area contributed by atoms with Crippen LogP contribution in [0.5, 0.6) is 0 Å². The van der Waals surface area contributed by atoms with E-state index in [1.165, 1.54) is 4.90 Å². The Kier molecular flexibility index (Phi) is 2.80. The van der Waals surface area contributed by atoms with E-state index in [4.69, 9.17) is 5.14 Å². The van der Waals surface area contributed by atoms with Gasteiger partial charge in [0.2, 0.25) is 15.9 Å². The number of nitrogens with two attached hydrogens (primary N) is 1. The number of amides is 1. The third-order valence-corrected chi connectivity index (χ3v) is 4.71. The summed E-state index contributed by atoms with van der Waals surface area (Å²) in [6.07, 6.45) is 1.78. The lowest BCUT2D eigenvalue weighted by molar-refractivity contribution is -0.117. The maximum atomic E-state index is 12.0. The van der Waals surface area contributed by atoms with E-state index in [1.54, 1.807) is 10.7 Å². The lowest BCUT2D eigenvalue weighted by Crippen LogP contribution is -2.32. The molecule has 8 heteroatoms. The van der Waals surface area contributed by atoms with Crippen molar-refractivity contribution in [2.45, 2.75) is 11.7 Å². The van der Waals surface area contributed by atoms with Crippen LogP contribution in [0.1, 0.15) is 6.42 Å². The highest BCUT2D eigenvalue weighted by Gasteiger charge is 2.37. The number of sulfonamides is 1. The molecule has 3 rings (SSSR count). The Morgan fingerprint density at radius 1 is 1.40 bits per heavy atom. The number of benzene rings is 1. The fourth-order valence-electron chi connectivity index (χ4n) is 2.45. The second kappa shape index (κ2) is 4.29. The highest BCUT2D eigenvalue weighted by atomic mass is 32.2. The van der Waals surface area contributed by atoms with Gasteiger partial charge in [-0.15, -0.1) is 0 Å². The van der Waals surface area contributed by atoms with Crippen LogP contribution in [0.4, 0.5) is 5.69 Å². The molecule has 1 unspecified atom stereocenters. The van der Waals surface area contributed by atoms with Crippen molar-refractivity contribution in [3.8, 4) is 0 Å². The molecule has 0 radical (unpaired) electrons. The van der Waals surface area contributed by atoms with Crippen molar-refractivity contribution < 1.29 is 13.2 Å². The van der Waals surface area contributed by atoms with Gasteiger partial charge < -0.3 is 4.90 Å². The van der Waals surface area contributed by atoms with E-state index >= 15 is 0 Å². The Bertz CT molecular complexity index is 796. The van der Waals surface area contributed by atoms with E-state index in [9.17, 15) is 13.2 Å². The zero-order valence-electron chi connectivity index (χ0n) is 10.9. The van der Waals surface area contributed by atoms with Gasteiger partial charge in [-0.25, -0.2) is 13.6 Å². The molecule has 1 aliphatic heterocycles. The van der Waals surface area contributed by atoms with Gasteiger partial charge in [0, 0.05) is 37.3 Å². The quantitative estimate of drug-likeness (QED) is 0.840. The van der Waals surface area contributed by atoms with Crippen LogP contribution in [-0.2, 0) is 21.9 Å². The molecule has 1 atom stereocenters. The molecule has 7 nitrogen and oxygen atoms in total. The molecule has 1 saturated heterocycles. The van der Waals surface area contributed by atoms with Crippen LogP contribution in [0.3, 0.4) is 0 Å². The summed E-state index contributed by atoms with van der Waals surface area (Å²) in [5.41, 5.74) is 1.49. The van der Waals surface area contributed by atoms with E-state index in [1.807, 2.05) is 25.4 Å². The van der Waals surface area contributed by atoms with Crippen LogP contribution in [0.2, 0.25) is 0 Å². The maximum Gasteiger partial charge on any atom is 0.228 e. The predicted molar refractivity (Wildman–Crippen MR) is 74.6 cm³/mol. The number of anilines is 1. The van der Waals surface area contributed by atoms with E-state index in [0.717, 1.165) is 10.9 Å². The van der Waals surface area contributed by atoms with Crippen molar-refractivity contribution in [3.05, 3.63) is 24.4 Å². The zero-order valence-corrected chi connectivity index (χ0v) is 11.7. The summed E-state index contributed by atoms with van der Waals surface area (Å²) in [6, 6.07) is 5.40. The van der Waals surface area contributed by atoms with Crippen LogP contribution in [0.25, 0.3) is 10.9 Å². The summed E-state index contributed by atoms with van der Waals surface area (Å²) in [4.78, 5) is 13.4. The lowest BCUT2D eigenvalue weighted by atomic mass is 10.2. The first kappa shape index (κ1) is 13.1. The Morgan fingerprint density at radius 2 is 2.15 bits per heavy atom. The molecule has 0 bridgehead atoms. The van der Waals surface area contributed by atoms with Gasteiger partial charge in [0.25, 0.3) is 0 Å². The topological polar surface area (TPSA) is 98.3 Å². The molecular formula is C12H14N4O3S. The van der Waals surface area contributed by atoms with Gasteiger partial charge in [-0.1, -0.05) is 0 Å². The number of primary sulfonamides is 1. The second-order valence-corrected chi connectivity index (χ2v) is 6.81. The fourth-order valence-corrected chi connectivity index (χ4v) is 3.18. The number of rotatable bonds is 2. The number of hydrogen-bond donors (Lipinski definition) is 1. The summed E-state index contributed by atoms with van der Waals surface area (Å²) in [5.74, 6) is -0.229. The highest BCUT2D eigenvalue weighted by molar-refractivity contribution is 7.89. The molecule has 1 fully saturated rings. The Labute approximate surface area is 116 Å². The maximum absolute atomic E-state index is 12.0. The zero-order chi connectivity index (χ0) is 14.5. The minimum absolute atomic E-state index is 0.0656. The van der Waals surface area contributed by atoms with Gasteiger partial charge in [-0.3, -0.25) is 9.48 Å². The molecule has 1 aliphatic rings. The second-order valence-electron chi connectivity index (χ2n) is 4.97. The smallest absolute Gasteiger partial charge is 0.228 e. The monoisotopic (exact) mass is 294 g/mol. The average molecular weight is 294 g/mol. The number of aryl methyl sites for hydroxylation is 1. The first-order valence-electron chi connectivity index (χ1n) is 6.10. The lowest BCUT2D eigenvalue weighted by Gasteiger charge is -2.16. The van der Waals surface area contributed by atoms with Gasteiger partial charge in [0.05, 0.1) is 5.52 Å². The van der Waals surface area contributed by atoms with Crippen molar-refractivity contribution in [2.75, 3.05) is 11.4 Å². The minimum Gasteiger partial charge on any atom is -0.311 e. The summed E-state index contributed by atoms with van der Waals surface area (Å²) in [6.45, 7) is 0.101. The van der Waals surface area contributed by atoms with E-state index < -0.39 is 15.3 Å². The summed E-state index contributed by atoms with van der Waals surface area (Å²) < 4.78 is 24.4. The Hall–Kier alpha value is -1.93.